The van der Waals surface area contributed by atoms with Crippen molar-refractivity contribution in [3.8, 4) is 0 Å². The van der Waals surface area contributed by atoms with Crippen molar-refractivity contribution in [3.63, 3.8) is 0 Å². The number of hydrogen-bond acceptors (Lipinski definition) is 0. The number of hydrogen-bond donors (Lipinski definition) is 0. The van der Waals surface area contributed by atoms with Gasteiger partial charge in [0.05, 0.1) is 52.4 Å². The first-order valence-electron chi connectivity index (χ1n) is 10.3. The molecule has 22 heavy (non-hydrogen) atoms. The molecule has 0 saturated carbocycles. The summed E-state index contributed by atoms with van der Waals surface area (Å²) in [6, 6.07) is 0. The Bertz CT molecular complexity index is 391. The third kappa shape index (κ3) is 2.75. The Morgan fingerprint density at radius 2 is 1.23 bits per heavy atom. The predicted octanol–water partition coefficient (Wildman–Crippen LogP) is 3.52. The van der Waals surface area contributed by atoms with Crippen LogP contribution < -0.4 is 0 Å². The molecule has 2 nitrogen and oxygen atoms in total. The van der Waals surface area contributed by atoms with Gasteiger partial charge in [-0.05, 0) is 24.7 Å². The Morgan fingerprint density at radius 3 is 1.82 bits per heavy atom. The fourth-order valence-electron chi connectivity index (χ4n) is 6.97. The SMILES string of the molecule is CC1CC[N+]2(CCC(C3CC[N+]4(CCCC4)CC3C)CC2)C1. The molecule has 0 amide bonds. The Labute approximate surface area is 138 Å². The molecular weight excluding hydrogens is 268 g/mol. The van der Waals surface area contributed by atoms with Gasteiger partial charge < -0.3 is 8.97 Å². The van der Waals surface area contributed by atoms with E-state index in [2.05, 4.69) is 13.8 Å². The summed E-state index contributed by atoms with van der Waals surface area (Å²) in [6.45, 7) is 17.1. The molecule has 4 fully saturated rings. The van der Waals surface area contributed by atoms with E-state index in [1.54, 1.807) is 19.3 Å². The highest BCUT2D eigenvalue weighted by molar-refractivity contribution is 4.82. The Kier molecular flexibility index (Phi) is 4.05. The molecule has 4 saturated heterocycles. The van der Waals surface area contributed by atoms with Crippen molar-refractivity contribution < 1.29 is 8.97 Å². The first kappa shape index (κ1) is 15.4. The smallest absolute Gasteiger partial charge is 0.0815 e. The highest BCUT2D eigenvalue weighted by Gasteiger charge is 2.46. The molecule has 3 unspecified atom stereocenters. The third-order valence-corrected chi connectivity index (χ3v) is 8.21. The topological polar surface area (TPSA) is 0 Å². The molecule has 4 rings (SSSR count). The van der Waals surface area contributed by atoms with E-state index < -0.39 is 0 Å². The van der Waals surface area contributed by atoms with Crippen molar-refractivity contribution in [2.75, 3.05) is 52.4 Å². The van der Waals surface area contributed by atoms with E-state index in [0.29, 0.717) is 0 Å². The van der Waals surface area contributed by atoms with Crippen LogP contribution in [-0.2, 0) is 0 Å². The molecule has 3 atom stereocenters. The molecule has 0 radical (unpaired) electrons. The fraction of sp³-hybridized carbons (Fsp3) is 1.00. The van der Waals surface area contributed by atoms with Gasteiger partial charge in [0.15, 0.2) is 0 Å². The van der Waals surface area contributed by atoms with Gasteiger partial charge in [-0.1, -0.05) is 13.8 Å². The standard InChI is InChI=1S/C20H38N2/c1-17-5-11-22(15-17)12-6-19(7-13-22)20-8-14-21(16-18(20)2)9-3-4-10-21/h17-20H,3-16H2,1-2H3/q+2. The Hall–Kier alpha value is -0.0800. The third-order valence-electron chi connectivity index (χ3n) is 8.21. The second-order valence-electron chi connectivity index (χ2n) is 9.76. The zero-order valence-corrected chi connectivity index (χ0v) is 15.1. The summed E-state index contributed by atoms with van der Waals surface area (Å²) >= 11 is 0. The predicted molar refractivity (Wildman–Crippen MR) is 92.5 cm³/mol. The molecule has 2 spiro atoms. The zero-order chi connectivity index (χ0) is 15.2. The Morgan fingerprint density at radius 1 is 0.636 bits per heavy atom. The number of piperidine rings is 2. The van der Waals surface area contributed by atoms with Crippen LogP contribution in [0.1, 0.15) is 52.4 Å². The van der Waals surface area contributed by atoms with E-state index in [-0.39, 0.29) is 0 Å². The normalized spacial score (nSPS) is 41.5. The highest BCUT2D eigenvalue weighted by atomic mass is 15.4. The van der Waals surface area contributed by atoms with Gasteiger partial charge in [0.25, 0.3) is 0 Å². The lowest BCUT2D eigenvalue weighted by atomic mass is 9.72. The van der Waals surface area contributed by atoms with Crippen LogP contribution >= 0.6 is 0 Å². The van der Waals surface area contributed by atoms with E-state index in [1.165, 1.54) is 80.6 Å². The summed E-state index contributed by atoms with van der Waals surface area (Å²) < 4.78 is 3.00. The molecule has 0 aliphatic carbocycles. The summed E-state index contributed by atoms with van der Waals surface area (Å²) in [7, 11) is 0. The lowest BCUT2D eigenvalue weighted by Gasteiger charge is -2.49. The number of rotatable bonds is 1. The van der Waals surface area contributed by atoms with Gasteiger partial charge in [-0.15, -0.1) is 0 Å². The van der Waals surface area contributed by atoms with E-state index >= 15 is 0 Å². The largest absolute Gasteiger partial charge is 0.323 e. The maximum atomic E-state index is 2.60. The summed E-state index contributed by atoms with van der Waals surface area (Å²) in [5.41, 5.74) is 0. The summed E-state index contributed by atoms with van der Waals surface area (Å²) in [5.74, 6) is 4.10. The van der Waals surface area contributed by atoms with Crippen LogP contribution in [0.2, 0.25) is 0 Å². The summed E-state index contributed by atoms with van der Waals surface area (Å²) in [4.78, 5) is 0. The average Bonchev–Trinajstić information content (AvgIpc) is 3.09. The minimum atomic E-state index is 0.987. The van der Waals surface area contributed by atoms with Crippen molar-refractivity contribution in [1.29, 1.82) is 0 Å². The van der Waals surface area contributed by atoms with E-state index in [9.17, 15) is 0 Å². The van der Waals surface area contributed by atoms with Crippen LogP contribution in [0.15, 0.2) is 0 Å². The minimum absolute atomic E-state index is 0.987. The van der Waals surface area contributed by atoms with Gasteiger partial charge >= 0.3 is 0 Å². The monoisotopic (exact) mass is 306 g/mol. The van der Waals surface area contributed by atoms with Gasteiger partial charge in [0.2, 0.25) is 0 Å². The van der Waals surface area contributed by atoms with Gasteiger partial charge in [-0.2, -0.15) is 0 Å². The van der Waals surface area contributed by atoms with Crippen molar-refractivity contribution in [2.24, 2.45) is 23.7 Å². The van der Waals surface area contributed by atoms with Gasteiger partial charge in [0.1, 0.15) is 0 Å². The van der Waals surface area contributed by atoms with Crippen molar-refractivity contribution in [1.82, 2.24) is 0 Å². The van der Waals surface area contributed by atoms with Crippen LogP contribution in [0, 0.1) is 23.7 Å². The molecule has 0 N–H and O–H groups in total. The molecule has 2 heteroatoms. The van der Waals surface area contributed by atoms with Gasteiger partial charge in [0, 0.05) is 37.5 Å². The number of nitrogens with zero attached hydrogens (tertiary/aromatic N) is 2. The first-order valence-corrected chi connectivity index (χ1v) is 10.3. The second-order valence-corrected chi connectivity index (χ2v) is 9.76. The molecular formula is C20H38N2+2. The summed E-state index contributed by atoms with van der Waals surface area (Å²) in [5, 5.41) is 0. The van der Waals surface area contributed by atoms with Gasteiger partial charge in [-0.25, -0.2) is 0 Å². The molecule has 4 aliphatic rings. The van der Waals surface area contributed by atoms with Gasteiger partial charge in [-0.3, -0.25) is 0 Å². The molecule has 0 aromatic carbocycles. The highest BCUT2D eigenvalue weighted by Crippen LogP contribution is 2.42. The lowest BCUT2D eigenvalue weighted by Crippen LogP contribution is -2.57. The maximum absolute atomic E-state index is 2.60. The molecule has 4 heterocycles. The molecule has 126 valence electrons. The van der Waals surface area contributed by atoms with E-state index in [4.69, 9.17) is 0 Å². The first-order chi connectivity index (χ1) is 10.6. The quantitative estimate of drug-likeness (QED) is 0.650. The molecule has 0 bridgehead atoms. The average molecular weight is 307 g/mol. The van der Waals surface area contributed by atoms with Crippen LogP contribution in [0.3, 0.4) is 0 Å². The molecule has 4 aliphatic heterocycles. The van der Waals surface area contributed by atoms with Crippen molar-refractivity contribution in [2.45, 2.75) is 52.4 Å². The van der Waals surface area contributed by atoms with E-state index in [1.807, 2.05) is 0 Å². The maximum Gasteiger partial charge on any atom is 0.0815 e. The van der Waals surface area contributed by atoms with Crippen LogP contribution in [-0.4, -0.2) is 61.3 Å². The van der Waals surface area contributed by atoms with Crippen molar-refractivity contribution >= 4 is 0 Å². The van der Waals surface area contributed by atoms with E-state index in [0.717, 1.165) is 23.7 Å². The molecule has 0 aromatic heterocycles. The fourth-order valence-corrected chi connectivity index (χ4v) is 6.97. The zero-order valence-electron chi connectivity index (χ0n) is 15.1. The molecule has 0 aromatic rings. The van der Waals surface area contributed by atoms with Crippen LogP contribution in [0.5, 0.6) is 0 Å². The number of quaternary nitrogens is 2. The van der Waals surface area contributed by atoms with Crippen LogP contribution in [0.4, 0.5) is 0 Å². The Balaban J connectivity index is 1.34. The van der Waals surface area contributed by atoms with Crippen molar-refractivity contribution in [3.05, 3.63) is 0 Å². The summed E-state index contributed by atoms with van der Waals surface area (Å²) in [6.07, 6.45) is 9.12. The lowest BCUT2D eigenvalue weighted by molar-refractivity contribution is -0.928. The second kappa shape index (κ2) is 5.77. The minimum Gasteiger partial charge on any atom is -0.323 e. The van der Waals surface area contributed by atoms with Crippen LogP contribution in [0.25, 0.3) is 0 Å².